The second-order valence-electron chi connectivity index (χ2n) is 5.86. The molecule has 3 rings (SSSR count). The minimum Gasteiger partial charge on any atom is -0.338 e. The van der Waals surface area contributed by atoms with Crippen molar-refractivity contribution in [2.45, 2.75) is 32.0 Å². The number of aromatic nitrogens is 3. The molecule has 1 fully saturated rings. The Hall–Kier alpha value is -1.82. The van der Waals surface area contributed by atoms with Gasteiger partial charge >= 0.3 is 0 Å². The summed E-state index contributed by atoms with van der Waals surface area (Å²) in [5.74, 6) is 2.61. The van der Waals surface area contributed by atoms with Gasteiger partial charge in [-0.2, -0.15) is 0 Å². The van der Waals surface area contributed by atoms with Crippen LogP contribution in [0.3, 0.4) is 0 Å². The van der Waals surface area contributed by atoms with Crippen LogP contribution in [-0.2, 0) is 6.54 Å². The van der Waals surface area contributed by atoms with Crippen molar-refractivity contribution in [1.29, 1.82) is 0 Å². The Kier molecular flexibility index (Phi) is 5.00. The monoisotopic (exact) mass is 330 g/mol. The summed E-state index contributed by atoms with van der Waals surface area (Å²) in [6.45, 7) is 6.66. The fourth-order valence-corrected chi connectivity index (χ4v) is 4.11. The third-order valence-electron chi connectivity index (χ3n) is 4.26. The minimum atomic E-state index is 0.144. The van der Waals surface area contributed by atoms with Crippen LogP contribution in [0.25, 0.3) is 0 Å². The van der Waals surface area contributed by atoms with E-state index in [4.69, 9.17) is 0 Å². The summed E-state index contributed by atoms with van der Waals surface area (Å²) in [4.78, 5) is 14.4. The van der Waals surface area contributed by atoms with Gasteiger partial charge in [0.25, 0.3) is 5.91 Å². The van der Waals surface area contributed by atoms with E-state index in [0.717, 1.165) is 48.4 Å². The number of rotatable bonds is 5. The van der Waals surface area contributed by atoms with Crippen LogP contribution in [0.5, 0.6) is 0 Å². The van der Waals surface area contributed by atoms with Crippen molar-refractivity contribution in [3.8, 4) is 0 Å². The topological polar surface area (TPSA) is 51.0 Å². The molecule has 1 amide bonds. The van der Waals surface area contributed by atoms with Gasteiger partial charge in [-0.25, -0.2) is 0 Å². The molecule has 0 saturated carbocycles. The third kappa shape index (κ3) is 3.58. The zero-order valence-corrected chi connectivity index (χ0v) is 14.4. The van der Waals surface area contributed by atoms with E-state index in [2.05, 4.69) is 21.7 Å². The van der Waals surface area contributed by atoms with Gasteiger partial charge in [0.15, 0.2) is 5.16 Å². The molecule has 1 unspecified atom stereocenters. The Balaban J connectivity index is 1.55. The second-order valence-corrected chi connectivity index (χ2v) is 6.84. The highest BCUT2D eigenvalue weighted by Crippen LogP contribution is 2.26. The molecule has 0 spiro atoms. The smallest absolute Gasteiger partial charge is 0.253 e. The molecule has 122 valence electrons. The van der Waals surface area contributed by atoms with Crippen LogP contribution in [0, 0.1) is 12.8 Å². The van der Waals surface area contributed by atoms with E-state index in [9.17, 15) is 4.79 Å². The highest BCUT2D eigenvalue weighted by molar-refractivity contribution is 7.99. The van der Waals surface area contributed by atoms with Crippen molar-refractivity contribution in [1.82, 2.24) is 19.7 Å². The quantitative estimate of drug-likeness (QED) is 0.791. The number of amides is 1. The van der Waals surface area contributed by atoms with Gasteiger partial charge in [-0.1, -0.05) is 30.0 Å². The fraction of sp³-hybridized carbons (Fsp3) is 0.471. The lowest BCUT2D eigenvalue weighted by Crippen LogP contribution is -2.28. The number of aryl methyl sites for hydroxylation is 1. The number of hydrogen-bond donors (Lipinski definition) is 0. The largest absolute Gasteiger partial charge is 0.338 e. The Morgan fingerprint density at radius 1 is 1.30 bits per heavy atom. The molecule has 1 aromatic heterocycles. The Morgan fingerprint density at radius 2 is 2.09 bits per heavy atom. The van der Waals surface area contributed by atoms with Gasteiger partial charge in [0.1, 0.15) is 5.82 Å². The minimum absolute atomic E-state index is 0.144. The predicted octanol–water partition coefficient (Wildman–Crippen LogP) is 2.86. The van der Waals surface area contributed by atoms with Crippen LogP contribution < -0.4 is 0 Å². The van der Waals surface area contributed by atoms with E-state index in [0.29, 0.717) is 5.92 Å². The molecule has 2 aromatic rings. The van der Waals surface area contributed by atoms with E-state index < -0.39 is 0 Å². The molecule has 1 saturated heterocycles. The Bertz CT molecular complexity index is 670. The summed E-state index contributed by atoms with van der Waals surface area (Å²) in [5.41, 5.74) is 0.780. The maximum atomic E-state index is 12.5. The van der Waals surface area contributed by atoms with Crippen LogP contribution in [-0.4, -0.2) is 44.4 Å². The van der Waals surface area contributed by atoms with Gasteiger partial charge in [-0.05, 0) is 38.3 Å². The zero-order chi connectivity index (χ0) is 16.2. The zero-order valence-electron chi connectivity index (χ0n) is 13.6. The molecule has 2 heterocycles. The first-order valence-electron chi connectivity index (χ1n) is 8.06. The number of thioether (sulfide) groups is 1. The number of nitrogens with zero attached hydrogens (tertiary/aromatic N) is 4. The maximum absolute atomic E-state index is 12.5. The van der Waals surface area contributed by atoms with Crippen LogP contribution in [0.2, 0.25) is 0 Å². The molecular formula is C17H22N4OS. The SMILES string of the molecule is CCn1c(C)nnc1SCC1CCN(C(=O)c2ccccc2)C1. The average molecular weight is 330 g/mol. The van der Waals surface area contributed by atoms with Crippen molar-refractivity contribution in [3.63, 3.8) is 0 Å². The number of benzene rings is 1. The van der Waals surface area contributed by atoms with Crippen molar-refractivity contribution in [2.75, 3.05) is 18.8 Å². The fourth-order valence-electron chi connectivity index (χ4n) is 2.94. The van der Waals surface area contributed by atoms with Gasteiger partial charge in [-0.3, -0.25) is 4.79 Å². The molecule has 0 aliphatic carbocycles. The van der Waals surface area contributed by atoms with Crippen molar-refractivity contribution in [2.24, 2.45) is 5.92 Å². The number of carbonyl (C=O) groups excluding carboxylic acids is 1. The summed E-state index contributed by atoms with van der Waals surface area (Å²) >= 11 is 1.75. The summed E-state index contributed by atoms with van der Waals surface area (Å²) < 4.78 is 2.13. The first kappa shape index (κ1) is 16.1. The lowest BCUT2D eigenvalue weighted by Gasteiger charge is -2.16. The normalized spacial score (nSPS) is 17.7. The molecular weight excluding hydrogens is 308 g/mol. The highest BCUT2D eigenvalue weighted by atomic mass is 32.2. The van der Waals surface area contributed by atoms with E-state index in [1.165, 1.54) is 0 Å². The molecule has 23 heavy (non-hydrogen) atoms. The third-order valence-corrected chi connectivity index (χ3v) is 5.46. The lowest BCUT2D eigenvalue weighted by molar-refractivity contribution is 0.0788. The molecule has 5 nitrogen and oxygen atoms in total. The molecule has 0 radical (unpaired) electrons. The molecule has 0 N–H and O–H groups in total. The Morgan fingerprint density at radius 3 is 2.83 bits per heavy atom. The highest BCUT2D eigenvalue weighted by Gasteiger charge is 2.27. The first-order valence-corrected chi connectivity index (χ1v) is 9.04. The van der Waals surface area contributed by atoms with Crippen molar-refractivity contribution < 1.29 is 4.79 Å². The molecule has 6 heteroatoms. The van der Waals surface area contributed by atoms with Crippen LogP contribution in [0.4, 0.5) is 0 Å². The number of carbonyl (C=O) groups is 1. The molecule has 1 aromatic carbocycles. The van der Waals surface area contributed by atoms with Gasteiger partial charge in [0.05, 0.1) is 0 Å². The number of likely N-dealkylation sites (tertiary alicyclic amines) is 1. The van der Waals surface area contributed by atoms with Gasteiger partial charge in [-0.15, -0.1) is 10.2 Å². The van der Waals surface area contributed by atoms with E-state index in [-0.39, 0.29) is 5.91 Å². The van der Waals surface area contributed by atoms with Crippen LogP contribution in [0.1, 0.15) is 29.5 Å². The van der Waals surface area contributed by atoms with Gasteiger partial charge in [0, 0.05) is 31.0 Å². The summed E-state index contributed by atoms with van der Waals surface area (Å²) in [7, 11) is 0. The van der Waals surface area contributed by atoms with E-state index in [1.807, 2.05) is 42.2 Å². The molecule has 1 aliphatic heterocycles. The first-order chi connectivity index (χ1) is 11.2. The van der Waals surface area contributed by atoms with Crippen molar-refractivity contribution in [3.05, 3.63) is 41.7 Å². The van der Waals surface area contributed by atoms with Crippen molar-refractivity contribution >= 4 is 17.7 Å². The average Bonchev–Trinajstić information content (AvgIpc) is 3.19. The maximum Gasteiger partial charge on any atom is 0.253 e. The molecule has 1 aliphatic rings. The summed E-state index contributed by atoms with van der Waals surface area (Å²) in [6.07, 6.45) is 1.06. The summed E-state index contributed by atoms with van der Waals surface area (Å²) in [5, 5.41) is 9.37. The van der Waals surface area contributed by atoms with E-state index >= 15 is 0 Å². The van der Waals surface area contributed by atoms with Gasteiger partial charge < -0.3 is 9.47 Å². The Labute approximate surface area is 141 Å². The number of hydrogen-bond acceptors (Lipinski definition) is 4. The molecule has 1 atom stereocenters. The lowest BCUT2D eigenvalue weighted by atomic mass is 10.1. The predicted molar refractivity (Wildman–Crippen MR) is 91.6 cm³/mol. The van der Waals surface area contributed by atoms with Crippen LogP contribution in [0.15, 0.2) is 35.5 Å². The summed E-state index contributed by atoms with van der Waals surface area (Å²) in [6, 6.07) is 9.53. The second kappa shape index (κ2) is 7.17. The van der Waals surface area contributed by atoms with E-state index in [1.54, 1.807) is 11.8 Å². The molecule has 0 bridgehead atoms. The van der Waals surface area contributed by atoms with Crippen LogP contribution >= 0.6 is 11.8 Å². The standard InChI is InChI=1S/C17H22N4OS/c1-3-21-13(2)18-19-17(21)23-12-14-9-10-20(11-14)16(22)15-7-5-4-6-8-15/h4-8,14H,3,9-12H2,1-2H3. The van der Waals surface area contributed by atoms with Gasteiger partial charge in [0.2, 0.25) is 0 Å².